The van der Waals surface area contributed by atoms with Crippen molar-refractivity contribution < 1.29 is 9.53 Å². The number of nitrogens with zero attached hydrogens (tertiary/aromatic N) is 2. The number of urea groups is 1. The summed E-state index contributed by atoms with van der Waals surface area (Å²) < 4.78 is 5.53. The Bertz CT molecular complexity index is 1610. The number of anilines is 2. The van der Waals surface area contributed by atoms with Crippen LogP contribution in [-0.2, 0) is 4.74 Å². The van der Waals surface area contributed by atoms with E-state index in [4.69, 9.17) is 10.1 Å². The number of hydrogen-bond acceptors (Lipinski definition) is 5. The number of aliphatic imine (C=N–C) groups is 1. The molecule has 2 amide bonds. The third kappa shape index (κ3) is 7.04. The van der Waals surface area contributed by atoms with E-state index in [1.54, 1.807) is 0 Å². The van der Waals surface area contributed by atoms with E-state index in [-0.39, 0.29) is 11.8 Å². The fourth-order valence-electron chi connectivity index (χ4n) is 4.96. The minimum atomic E-state index is -0.394. The molecule has 7 nitrogen and oxygen atoms in total. The SMILES string of the molecule is Cc1ccc(N=C(CC(=N)C(C)(C)C)NC(=O)Nc2ccc(-c3cccc(N4CCOCC4)c3)c3ccccc23)cc1. The van der Waals surface area contributed by atoms with Crippen LogP contribution in [0.5, 0.6) is 0 Å². The monoisotopic (exact) mass is 561 g/mol. The van der Waals surface area contributed by atoms with Crippen LogP contribution in [0.1, 0.15) is 32.8 Å². The number of benzene rings is 4. The Balaban J connectivity index is 1.41. The van der Waals surface area contributed by atoms with Gasteiger partial charge in [0, 0.05) is 36.3 Å². The Morgan fingerprint density at radius 3 is 2.36 bits per heavy atom. The van der Waals surface area contributed by atoms with Gasteiger partial charge < -0.3 is 20.4 Å². The molecule has 4 aromatic carbocycles. The summed E-state index contributed by atoms with van der Waals surface area (Å²) in [6.07, 6.45) is 0.240. The minimum absolute atomic E-state index is 0.240. The minimum Gasteiger partial charge on any atom is -0.378 e. The van der Waals surface area contributed by atoms with Crippen molar-refractivity contribution in [2.45, 2.75) is 34.1 Å². The molecule has 0 atom stereocenters. The van der Waals surface area contributed by atoms with E-state index in [2.05, 4.69) is 56.9 Å². The number of amides is 2. The van der Waals surface area contributed by atoms with Crippen molar-refractivity contribution in [1.29, 1.82) is 5.41 Å². The number of morpholine rings is 1. The number of hydrogen-bond donors (Lipinski definition) is 3. The first-order valence-corrected chi connectivity index (χ1v) is 14.4. The van der Waals surface area contributed by atoms with Gasteiger partial charge in [-0.25, -0.2) is 9.79 Å². The number of carbonyl (C=O) groups excluding carboxylic acids is 1. The molecule has 0 aliphatic carbocycles. The second-order valence-electron chi connectivity index (χ2n) is 11.7. The lowest BCUT2D eigenvalue weighted by atomic mass is 9.88. The maximum Gasteiger partial charge on any atom is 0.324 e. The Labute approximate surface area is 248 Å². The van der Waals surface area contributed by atoms with Gasteiger partial charge in [-0.2, -0.15) is 0 Å². The molecule has 7 heteroatoms. The highest BCUT2D eigenvalue weighted by Crippen LogP contribution is 2.35. The van der Waals surface area contributed by atoms with Gasteiger partial charge in [-0.15, -0.1) is 0 Å². The van der Waals surface area contributed by atoms with Crippen LogP contribution in [0.15, 0.2) is 89.9 Å². The summed E-state index contributed by atoms with van der Waals surface area (Å²) in [7, 11) is 0. The van der Waals surface area contributed by atoms with E-state index in [0.29, 0.717) is 17.2 Å². The fourth-order valence-corrected chi connectivity index (χ4v) is 4.96. The summed E-state index contributed by atoms with van der Waals surface area (Å²) >= 11 is 0. The zero-order valence-corrected chi connectivity index (χ0v) is 24.8. The molecular weight excluding hydrogens is 522 g/mol. The van der Waals surface area contributed by atoms with Crippen molar-refractivity contribution in [2.24, 2.45) is 10.4 Å². The highest BCUT2D eigenvalue weighted by atomic mass is 16.5. The highest BCUT2D eigenvalue weighted by molar-refractivity contribution is 6.14. The van der Waals surface area contributed by atoms with Gasteiger partial charge in [0.15, 0.2) is 0 Å². The van der Waals surface area contributed by atoms with E-state index in [1.807, 2.05) is 76.2 Å². The first-order valence-electron chi connectivity index (χ1n) is 14.4. The molecule has 3 N–H and O–H groups in total. The number of rotatable bonds is 6. The van der Waals surface area contributed by atoms with Crippen molar-refractivity contribution in [2.75, 3.05) is 36.5 Å². The number of nitrogens with one attached hydrogen (secondary N) is 3. The van der Waals surface area contributed by atoms with Crippen LogP contribution in [0.4, 0.5) is 21.9 Å². The van der Waals surface area contributed by atoms with E-state index in [9.17, 15) is 4.79 Å². The molecular formula is C35H39N5O2. The number of amidine groups is 1. The second kappa shape index (κ2) is 12.6. The van der Waals surface area contributed by atoms with Gasteiger partial charge in [0.05, 0.1) is 24.6 Å². The predicted octanol–water partition coefficient (Wildman–Crippen LogP) is 7.96. The highest BCUT2D eigenvalue weighted by Gasteiger charge is 2.21. The molecule has 0 aromatic heterocycles. The standard InChI is InChI=1S/C35H39N5O2/c1-24-12-14-26(15-13-24)37-33(23-32(36)35(2,3)4)39-34(41)38-31-17-16-28(29-10-5-6-11-30(29)31)25-8-7-9-27(22-25)40-18-20-42-21-19-40/h5-17,22,36H,18-21,23H2,1-4H3,(H2,37,38,39,41). The van der Waals surface area contributed by atoms with E-state index < -0.39 is 6.03 Å². The Hall–Kier alpha value is -4.49. The van der Waals surface area contributed by atoms with Gasteiger partial charge in [-0.3, -0.25) is 5.32 Å². The average Bonchev–Trinajstić information content (AvgIpc) is 2.98. The Kier molecular flexibility index (Phi) is 8.69. The summed E-state index contributed by atoms with van der Waals surface area (Å²) in [6.45, 7) is 11.2. The third-order valence-corrected chi connectivity index (χ3v) is 7.51. The molecule has 0 unspecified atom stereocenters. The molecule has 4 aromatic rings. The van der Waals surface area contributed by atoms with Crippen LogP contribution < -0.4 is 15.5 Å². The Morgan fingerprint density at radius 1 is 0.929 bits per heavy atom. The van der Waals surface area contributed by atoms with Crippen molar-refractivity contribution in [3.05, 3.63) is 90.5 Å². The lowest BCUT2D eigenvalue weighted by molar-refractivity contribution is 0.122. The van der Waals surface area contributed by atoms with Gasteiger partial charge in [0.2, 0.25) is 0 Å². The molecule has 0 radical (unpaired) electrons. The van der Waals surface area contributed by atoms with Crippen LogP contribution in [-0.4, -0.2) is 43.9 Å². The van der Waals surface area contributed by atoms with E-state index in [0.717, 1.165) is 59.5 Å². The first kappa shape index (κ1) is 29.0. The quantitative estimate of drug-likeness (QED) is 0.165. The summed E-state index contributed by atoms with van der Waals surface area (Å²) in [5.41, 5.74) is 6.13. The molecule has 0 spiro atoms. The van der Waals surface area contributed by atoms with Crippen molar-refractivity contribution >= 4 is 45.4 Å². The van der Waals surface area contributed by atoms with Crippen LogP contribution >= 0.6 is 0 Å². The third-order valence-electron chi connectivity index (χ3n) is 7.51. The van der Waals surface area contributed by atoms with Crippen LogP contribution in [0.3, 0.4) is 0 Å². The smallest absolute Gasteiger partial charge is 0.324 e. The van der Waals surface area contributed by atoms with Crippen molar-refractivity contribution in [1.82, 2.24) is 5.32 Å². The zero-order chi connectivity index (χ0) is 29.7. The topological polar surface area (TPSA) is 89.8 Å². The Morgan fingerprint density at radius 2 is 1.64 bits per heavy atom. The zero-order valence-electron chi connectivity index (χ0n) is 24.8. The summed E-state index contributed by atoms with van der Waals surface area (Å²) in [5.74, 6) is 0.428. The molecule has 0 saturated carbocycles. The normalized spacial score (nSPS) is 14.1. The lowest BCUT2D eigenvalue weighted by Gasteiger charge is -2.29. The molecule has 0 bridgehead atoms. The first-order chi connectivity index (χ1) is 20.2. The molecule has 1 aliphatic heterocycles. The van der Waals surface area contributed by atoms with Gasteiger partial charge >= 0.3 is 6.03 Å². The lowest BCUT2D eigenvalue weighted by Crippen LogP contribution is -2.37. The average molecular weight is 562 g/mol. The summed E-state index contributed by atoms with van der Waals surface area (Å²) in [5, 5.41) is 16.5. The van der Waals surface area contributed by atoms with E-state index >= 15 is 0 Å². The van der Waals surface area contributed by atoms with Gasteiger partial charge in [-0.1, -0.05) is 80.9 Å². The van der Waals surface area contributed by atoms with Gasteiger partial charge in [-0.05, 0) is 59.2 Å². The van der Waals surface area contributed by atoms with Crippen molar-refractivity contribution in [3.8, 4) is 11.1 Å². The molecule has 42 heavy (non-hydrogen) atoms. The number of carbonyl (C=O) groups is 1. The number of fused-ring (bicyclic) bond motifs is 1. The predicted molar refractivity (Wildman–Crippen MR) is 175 cm³/mol. The maximum atomic E-state index is 13.3. The van der Waals surface area contributed by atoms with E-state index in [1.165, 1.54) is 5.69 Å². The molecule has 1 fully saturated rings. The number of aryl methyl sites for hydroxylation is 1. The van der Waals surface area contributed by atoms with Crippen molar-refractivity contribution in [3.63, 3.8) is 0 Å². The van der Waals surface area contributed by atoms with Crippen LogP contribution in [0.25, 0.3) is 21.9 Å². The molecule has 1 aliphatic rings. The van der Waals surface area contributed by atoms with Crippen LogP contribution in [0.2, 0.25) is 0 Å². The van der Waals surface area contributed by atoms with Gasteiger partial charge in [0.1, 0.15) is 5.84 Å². The summed E-state index contributed by atoms with van der Waals surface area (Å²) in [6, 6.07) is 28.1. The largest absolute Gasteiger partial charge is 0.378 e. The number of ether oxygens (including phenoxy) is 1. The molecule has 5 rings (SSSR count). The molecule has 216 valence electrons. The fraction of sp³-hybridized carbons (Fsp3) is 0.286. The summed E-state index contributed by atoms with van der Waals surface area (Å²) in [4.78, 5) is 20.4. The van der Waals surface area contributed by atoms with Gasteiger partial charge in [0.25, 0.3) is 0 Å². The molecule has 1 saturated heterocycles. The molecule has 1 heterocycles. The van der Waals surface area contributed by atoms with Crippen LogP contribution in [0, 0.1) is 17.7 Å². The maximum absolute atomic E-state index is 13.3. The second-order valence-corrected chi connectivity index (χ2v) is 11.7.